The Bertz CT molecular complexity index is 1350. The number of ether oxygens (including phenoxy) is 1. The highest BCUT2D eigenvalue weighted by atomic mass is 32.2. The Hall–Kier alpha value is -3.92. The molecule has 0 spiro atoms. The van der Waals surface area contributed by atoms with E-state index in [1.165, 1.54) is 41.3 Å². The van der Waals surface area contributed by atoms with Crippen LogP contribution in [0.2, 0.25) is 0 Å². The van der Waals surface area contributed by atoms with Crippen LogP contribution in [0.15, 0.2) is 83.8 Å². The fourth-order valence-electron chi connectivity index (χ4n) is 3.90. The second-order valence-electron chi connectivity index (χ2n) is 9.24. The molecule has 0 radical (unpaired) electrons. The van der Waals surface area contributed by atoms with Gasteiger partial charge in [-0.2, -0.15) is 0 Å². The molecule has 3 rings (SSSR count). The molecule has 3 aromatic carbocycles. The zero-order chi connectivity index (χ0) is 28.6. The average Bonchev–Trinajstić information content (AvgIpc) is 2.91. The van der Waals surface area contributed by atoms with Gasteiger partial charge in [0, 0.05) is 12.6 Å². The number of sulfonamides is 1. The molecule has 0 aliphatic rings. The summed E-state index contributed by atoms with van der Waals surface area (Å²) in [6, 6.07) is 18.7. The molecule has 0 saturated heterocycles. The largest absolute Gasteiger partial charge is 0.494 e. The van der Waals surface area contributed by atoms with Crippen LogP contribution in [-0.4, -0.2) is 50.4 Å². The van der Waals surface area contributed by atoms with Crippen molar-refractivity contribution >= 4 is 27.5 Å². The molecule has 0 heterocycles. The molecule has 1 N–H and O–H groups in total. The predicted molar refractivity (Wildman–Crippen MR) is 148 cm³/mol. The zero-order valence-corrected chi connectivity index (χ0v) is 23.3. The quantitative estimate of drug-likeness (QED) is 0.358. The first kappa shape index (κ1) is 29.6. The van der Waals surface area contributed by atoms with Gasteiger partial charge in [0.2, 0.25) is 11.8 Å². The SMILES string of the molecule is CCOc1ccc(N(CC(=O)N(Cc2ccc(F)cc2)[C@H](C)C(=O)NC(C)C)S(=O)(=O)c2ccccc2)cc1. The summed E-state index contributed by atoms with van der Waals surface area (Å²) >= 11 is 0. The lowest BCUT2D eigenvalue weighted by Crippen LogP contribution is -2.52. The summed E-state index contributed by atoms with van der Waals surface area (Å²) < 4.78 is 47.5. The zero-order valence-electron chi connectivity index (χ0n) is 22.5. The Balaban J connectivity index is 2.01. The topological polar surface area (TPSA) is 96.0 Å². The minimum absolute atomic E-state index is 0.0161. The molecule has 0 fully saturated rings. The average molecular weight is 556 g/mol. The van der Waals surface area contributed by atoms with Crippen LogP contribution in [0.5, 0.6) is 5.75 Å². The summed E-state index contributed by atoms with van der Waals surface area (Å²) in [6.45, 7) is 6.88. The predicted octanol–water partition coefficient (Wildman–Crippen LogP) is 4.36. The van der Waals surface area contributed by atoms with E-state index >= 15 is 0 Å². The first-order valence-corrected chi connectivity index (χ1v) is 14.1. The fraction of sp³-hybridized carbons (Fsp3) is 0.310. The molecule has 0 unspecified atom stereocenters. The minimum atomic E-state index is -4.16. The highest BCUT2D eigenvalue weighted by molar-refractivity contribution is 7.92. The van der Waals surface area contributed by atoms with E-state index in [1.807, 2.05) is 6.92 Å². The Morgan fingerprint density at radius 3 is 2.10 bits per heavy atom. The number of benzene rings is 3. The van der Waals surface area contributed by atoms with Crippen molar-refractivity contribution in [1.29, 1.82) is 0 Å². The molecule has 0 bridgehead atoms. The third-order valence-electron chi connectivity index (χ3n) is 5.91. The molecule has 0 aromatic heterocycles. The normalized spacial score (nSPS) is 12.1. The van der Waals surface area contributed by atoms with Crippen molar-refractivity contribution in [3.8, 4) is 5.75 Å². The van der Waals surface area contributed by atoms with Crippen molar-refractivity contribution in [1.82, 2.24) is 10.2 Å². The lowest BCUT2D eigenvalue weighted by Gasteiger charge is -2.32. The van der Waals surface area contributed by atoms with Crippen LogP contribution in [0.1, 0.15) is 33.3 Å². The fourth-order valence-corrected chi connectivity index (χ4v) is 5.33. The summed E-state index contributed by atoms with van der Waals surface area (Å²) in [7, 11) is -4.16. The molecular weight excluding hydrogens is 521 g/mol. The Morgan fingerprint density at radius 1 is 0.923 bits per heavy atom. The molecule has 0 aliphatic heterocycles. The molecule has 39 heavy (non-hydrogen) atoms. The summed E-state index contributed by atoms with van der Waals surface area (Å²) in [5, 5.41) is 2.79. The van der Waals surface area contributed by atoms with Crippen molar-refractivity contribution in [2.45, 2.75) is 51.2 Å². The monoisotopic (exact) mass is 555 g/mol. The molecular formula is C29H34FN3O5S. The standard InChI is InChI=1S/C29H34FN3O5S/c1-5-38-26-17-15-25(16-18-26)33(39(36,37)27-9-7-6-8-10-27)20-28(34)32(22(4)29(35)31-21(2)3)19-23-11-13-24(30)14-12-23/h6-18,21-22H,5,19-20H2,1-4H3,(H,31,35)/t22-/m1/s1. The lowest BCUT2D eigenvalue weighted by molar-refractivity contribution is -0.139. The number of amides is 2. The van der Waals surface area contributed by atoms with E-state index < -0.39 is 34.3 Å². The Morgan fingerprint density at radius 2 is 1.54 bits per heavy atom. The first-order valence-electron chi connectivity index (χ1n) is 12.7. The van der Waals surface area contributed by atoms with Gasteiger partial charge in [-0.05, 0) is 81.8 Å². The van der Waals surface area contributed by atoms with Crippen LogP contribution in [0.3, 0.4) is 0 Å². The highest BCUT2D eigenvalue weighted by Gasteiger charge is 2.32. The van der Waals surface area contributed by atoms with E-state index in [2.05, 4.69) is 5.32 Å². The van der Waals surface area contributed by atoms with Gasteiger partial charge in [0.25, 0.3) is 10.0 Å². The molecule has 0 aliphatic carbocycles. The Labute approximate surface area is 229 Å². The van der Waals surface area contributed by atoms with Crippen LogP contribution >= 0.6 is 0 Å². The van der Waals surface area contributed by atoms with Gasteiger partial charge in [-0.25, -0.2) is 12.8 Å². The third kappa shape index (κ3) is 7.79. The lowest BCUT2D eigenvalue weighted by atomic mass is 10.1. The number of carbonyl (C=O) groups is 2. The number of carbonyl (C=O) groups excluding carboxylic acids is 2. The van der Waals surface area contributed by atoms with Crippen LogP contribution in [0.4, 0.5) is 10.1 Å². The van der Waals surface area contributed by atoms with Gasteiger partial charge in [0.15, 0.2) is 0 Å². The van der Waals surface area contributed by atoms with Gasteiger partial charge in [-0.15, -0.1) is 0 Å². The second kappa shape index (κ2) is 13.2. The smallest absolute Gasteiger partial charge is 0.264 e. The van der Waals surface area contributed by atoms with E-state index in [4.69, 9.17) is 4.74 Å². The molecule has 3 aromatic rings. The third-order valence-corrected chi connectivity index (χ3v) is 7.70. The van der Waals surface area contributed by atoms with Crippen LogP contribution in [0.25, 0.3) is 0 Å². The summed E-state index contributed by atoms with van der Waals surface area (Å²) in [4.78, 5) is 28.0. The van der Waals surface area contributed by atoms with E-state index in [1.54, 1.807) is 63.2 Å². The summed E-state index contributed by atoms with van der Waals surface area (Å²) in [5.41, 5.74) is 0.851. The summed E-state index contributed by atoms with van der Waals surface area (Å²) in [5.74, 6) is -0.863. The number of halogens is 1. The maximum Gasteiger partial charge on any atom is 0.264 e. The van der Waals surface area contributed by atoms with Crippen LogP contribution in [0, 0.1) is 5.82 Å². The number of hydrogen-bond acceptors (Lipinski definition) is 5. The molecule has 10 heteroatoms. The molecule has 1 atom stereocenters. The van der Waals surface area contributed by atoms with Crippen molar-refractivity contribution in [2.75, 3.05) is 17.5 Å². The van der Waals surface area contributed by atoms with Gasteiger partial charge in [0.05, 0.1) is 17.2 Å². The molecule has 208 valence electrons. The number of nitrogens with zero attached hydrogens (tertiary/aromatic N) is 2. The van der Waals surface area contributed by atoms with Crippen molar-refractivity contribution < 1.29 is 27.1 Å². The van der Waals surface area contributed by atoms with Crippen molar-refractivity contribution in [3.63, 3.8) is 0 Å². The summed E-state index contributed by atoms with van der Waals surface area (Å²) in [6.07, 6.45) is 0. The van der Waals surface area contributed by atoms with Crippen LogP contribution < -0.4 is 14.4 Å². The van der Waals surface area contributed by atoms with Gasteiger partial charge in [0.1, 0.15) is 24.2 Å². The maximum absolute atomic E-state index is 13.8. The molecule has 0 saturated carbocycles. The van der Waals surface area contributed by atoms with Gasteiger partial charge < -0.3 is 15.0 Å². The molecule has 8 nitrogen and oxygen atoms in total. The van der Waals surface area contributed by atoms with E-state index in [-0.39, 0.29) is 29.1 Å². The van der Waals surface area contributed by atoms with Gasteiger partial charge in [-0.3, -0.25) is 13.9 Å². The maximum atomic E-state index is 13.8. The number of nitrogens with one attached hydrogen (secondary N) is 1. The highest BCUT2D eigenvalue weighted by Crippen LogP contribution is 2.26. The molecule has 2 amide bonds. The number of anilines is 1. The van der Waals surface area contributed by atoms with Gasteiger partial charge in [-0.1, -0.05) is 30.3 Å². The van der Waals surface area contributed by atoms with E-state index in [9.17, 15) is 22.4 Å². The second-order valence-corrected chi connectivity index (χ2v) is 11.1. The first-order chi connectivity index (χ1) is 18.5. The Kier molecular flexibility index (Phi) is 10.1. The van der Waals surface area contributed by atoms with Crippen LogP contribution in [-0.2, 0) is 26.2 Å². The van der Waals surface area contributed by atoms with Gasteiger partial charge >= 0.3 is 0 Å². The van der Waals surface area contributed by atoms with E-state index in [0.717, 1.165) is 4.31 Å². The number of hydrogen-bond donors (Lipinski definition) is 1. The minimum Gasteiger partial charge on any atom is -0.494 e. The van der Waals surface area contributed by atoms with Crippen molar-refractivity contribution in [2.24, 2.45) is 0 Å². The van der Waals surface area contributed by atoms with Crippen molar-refractivity contribution in [3.05, 3.63) is 90.2 Å². The number of rotatable bonds is 12. The van der Waals surface area contributed by atoms with E-state index in [0.29, 0.717) is 17.9 Å².